The van der Waals surface area contributed by atoms with Gasteiger partial charge in [-0.3, -0.25) is 19.5 Å². The summed E-state index contributed by atoms with van der Waals surface area (Å²) in [6.45, 7) is 13.1. The molecule has 1 aromatic heterocycles. The zero-order valence-corrected chi connectivity index (χ0v) is 24.6. The van der Waals surface area contributed by atoms with Crippen LogP contribution in [0.4, 0.5) is 19.1 Å². The summed E-state index contributed by atoms with van der Waals surface area (Å²) < 4.78 is 45.1. The lowest BCUT2D eigenvalue weighted by atomic mass is 10.0. The lowest BCUT2D eigenvalue weighted by Gasteiger charge is -2.38. The first-order valence-corrected chi connectivity index (χ1v) is 16.2. The van der Waals surface area contributed by atoms with Crippen molar-refractivity contribution < 1.29 is 22.8 Å². The summed E-state index contributed by atoms with van der Waals surface area (Å²) in [4.78, 5) is 30.2. The number of benzene rings is 1. The number of fused-ring (bicyclic) bond motifs is 3. The number of rotatable bonds is 7. The summed E-state index contributed by atoms with van der Waals surface area (Å²) in [6, 6.07) is 4.85. The second kappa shape index (κ2) is 10.6. The molecule has 2 heterocycles. The second-order valence-electron chi connectivity index (χ2n) is 12.0. The van der Waals surface area contributed by atoms with Gasteiger partial charge in [0.15, 0.2) is 0 Å². The lowest BCUT2D eigenvalue weighted by molar-refractivity contribution is -0.217. The van der Waals surface area contributed by atoms with Crippen molar-refractivity contribution in [2.24, 2.45) is 5.92 Å². The molecule has 212 valence electrons. The minimum absolute atomic E-state index is 0.0687. The monoisotopic (exact) mass is 560 g/mol. The molecule has 1 fully saturated rings. The van der Waals surface area contributed by atoms with Crippen molar-refractivity contribution >= 4 is 36.9 Å². The van der Waals surface area contributed by atoms with Crippen LogP contribution in [-0.2, 0) is 15.3 Å². The van der Waals surface area contributed by atoms with Gasteiger partial charge in [-0.15, -0.1) is 5.54 Å². The highest BCUT2D eigenvalue weighted by Crippen LogP contribution is 2.45. The van der Waals surface area contributed by atoms with Crippen LogP contribution >= 0.6 is 0 Å². The third-order valence-electron chi connectivity index (χ3n) is 8.84. The molecule has 2 aliphatic rings. The van der Waals surface area contributed by atoms with Gasteiger partial charge >= 0.3 is 6.18 Å². The number of hydrogen-bond donors (Lipinski definition) is 2. The van der Waals surface area contributed by atoms with E-state index in [2.05, 4.69) is 68.6 Å². The quantitative estimate of drug-likeness (QED) is 0.287. The zero-order valence-electron chi connectivity index (χ0n) is 23.6. The Kier molecular flexibility index (Phi) is 7.96. The molecule has 0 bridgehead atoms. The Labute approximate surface area is 229 Å². The van der Waals surface area contributed by atoms with Gasteiger partial charge in [-0.2, -0.15) is 13.2 Å². The van der Waals surface area contributed by atoms with Crippen LogP contribution < -0.4 is 10.6 Å². The van der Waals surface area contributed by atoms with Crippen LogP contribution in [0.1, 0.15) is 85.6 Å². The van der Waals surface area contributed by atoms with Crippen LogP contribution in [0.2, 0.25) is 16.6 Å². The lowest BCUT2D eigenvalue weighted by Crippen LogP contribution is -2.63. The van der Waals surface area contributed by atoms with Crippen molar-refractivity contribution in [1.82, 2.24) is 14.9 Å². The standard InChI is InChI=1S/C29H39F3N4O2Si/c1-18(2)39(19(3)4,20(5)6)17-16-22-12-9-13-23-25(22)33-27-34-26(38)28(36(23)27,29(30,31)32)35-24(37)15-14-21-10-7-8-11-21/h9,12-13,18-21H,7-8,10-11,14-15H2,1-6H3,(H,35,37)(H,33,34,38). The van der Waals surface area contributed by atoms with E-state index < -0.39 is 31.7 Å². The molecule has 2 N–H and O–H groups in total. The van der Waals surface area contributed by atoms with Crippen molar-refractivity contribution in [3.05, 3.63) is 23.8 Å². The molecule has 4 rings (SSSR count). The number of nitrogens with one attached hydrogen (secondary N) is 2. The van der Waals surface area contributed by atoms with Crippen molar-refractivity contribution in [1.29, 1.82) is 0 Å². The van der Waals surface area contributed by atoms with Crippen LogP contribution in [0, 0.1) is 17.4 Å². The third-order valence-corrected chi connectivity index (χ3v) is 15.1. The maximum atomic E-state index is 14.8. The minimum Gasteiger partial charge on any atom is -0.317 e. The molecule has 0 saturated heterocycles. The Balaban J connectivity index is 1.79. The molecule has 1 aliphatic carbocycles. The van der Waals surface area contributed by atoms with Crippen molar-refractivity contribution in [2.75, 3.05) is 5.32 Å². The van der Waals surface area contributed by atoms with Gasteiger partial charge in [0.1, 0.15) is 13.6 Å². The zero-order chi connectivity index (χ0) is 28.8. The number of anilines is 1. The van der Waals surface area contributed by atoms with E-state index >= 15 is 0 Å². The van der Waals surface area contributed by atoms with Gasteiger partial charge in [0.05, 0.1) is 11.1 Å². The summed E-state index contributed by atoms with van der Waals surface area (Å²) in [5.74, 6) is 1.20. The summed E-state index contributed by atoms with van der Waals surface area (Å²) in [5, 5.41) is 4.36. The number of hydrogen-bond acceptors (Lipinski definition) is 3. The number of aromatic nitrogens is 2. The smallest absolute Gasteiger partial charge is 0.317 e. The topological polar surface area (TPSA) is 76.0 Å². The van der Waals surface area contributed by atoms with Crippen LogP contribution in [0.3, 0.4) is 0 Å². The first-order valence-electron chi connectivity index (χ1n) is 14.0. The Bertz CT molecular complexity index is 1290. The van der Waals surface area contributed by atoms with Gasteiger partial charge in [-0.05, 0) is 41.1 Å². The van der Waals surface area contributed by atoms with E-state index in [1.165, 1.54) is 6.07 Å². The van der Waals surface area contributed by atoms with Crippen molar-refractivity contribution in [2.45, 2.75) is 109 Å². The van der Waals surface area contributed by atoms with Gasteiger partial charge in [-0.25, -0.2) is 4.98 Å². The Morgan fingerprint density at radius 1 is 1.15 bits per heavy atom. The SMILES string of the molecule is CC(C)[Si](C#Cc1cccc2c1nc1n2C(NC(=O)CCC2CCCC2)(C(F)(F)F)C(=O)N1)(C(C)C)C(C)C. The molecule has 6 nitrogen and oxygen atoms in total. The predicted molar refractivity (Wildman–Crippen MR) is 150 cm³/mol. The summed E-state index contributed by atoms with van der Waals surface area (Å²) in [7, 11) is -2.11. The maximum Gasteiger partial charge on any atom is 0.440 e. The van der Waals surface area contributed by atoms with Crippen LogP contribution in [-0.4, -0.2) is 35.6 Å². The average Bonchev–Trinajstić information content (AvgIpc) is 3.54. The van der Waals surface area contributed by atoms with Crippen molar-refractivity contribution in [3.8, 4) is 11.5 Å². The fraction of sp³-hybridized carbons (Fsp3) is 0.621. The number of para-hydroxylation sites is 1. The van der Waals surface area contributed by atoms with Gasteiger partial charge in [0.2, 0.25) is 11.9 Å². The molecule has 10 heteroatoms. The second-order valence-corrected chi connectivity index (χ2v) is 17.6. The Morgan fingerprint density at radius 2 is 1.77 bits per heavy atom. The first-order chi connectivity index (χ1) is 18.3. The fourth-order valence-electron chi connectivity index (χ4n) is 6.86. The van der Waals surface area contributed by atoms with Gasteiger partial charge in [-0.1, -0.05) is 79.2 Å². The van der Waals surface area contributed by atoms with E-state index in [0.29, 0.717) is 34.5 Å². The highest BCUT2D eigenvalue weighted by molar-refractivity contribution is 6.90. The molecular formula is C29H39F3N4O2Si. The molecule has 2 aromatic rings. The molecule has 1 unspecified atom stereocenters. The van der Waals surface area contributed by atoms with Gasteiger partial charge in [0.25, 0.3) is 11.6 Å². The summed E-state index contributed by atoms with van der Waals surface area (Å²) >= 11 is 0. The van der Waals surface area contributed by atoms with Crippen LogP contribution in [0.25, 0.3) is 11.0 Å². The number of carbonyl (C=O) groups excluding carboxylic acids is 2. The average molecular weight is 561 g/mol. The number of halogens is 3. The van der Waals surface area contributed by atoms with E-state index in [0.717, 1.165) is 30.3 Å². The molecule has 1 aliphatic heterocycles. The van der Waals surface area contributed by atoms with E-state index in [9.17, 15) is 22.8 Å². The molecule has 1 atom stereocenters. The fourth-order valence-corrected chi connectivity index (χ4v) is 12.1. The highest BCUT2D eigenvalue weighted by atomic mass is 28.3. The van der Waals surface area contributed by atoms with Crippen LogP contribution in [0.5, 0.6) is 0 Å². The Morgan fingerprint density at radius 3 is 2.33 bits per heavy atom. The van der Waals surface area contributed by atoms with E-state index in [1.807, 2.05) is 0 Å². The number of imidazole rings is 1. The Hall–Kier alpha value is -2.80. The molecule has 0 spiro atoms. The highest BCUT2D eigenvalue weighted by Gasteiger charge is 2.67. The van der Waals surface area contributed by atoms with Crippen molar-refractivity contribution in [3.63, 3.8) is 0 Å². The van der Waals surface area contributed by atoms with E-state index in [1.54, 1.807) is 12.1 Å². The number of nitrogens with zero attached hydrogens (tertiary/aromatic N) is 2. The minimum atomic E-state index is -5.10. The molecule has 39 heavy (non-hydrogen) atoms. The van der Waals surface area contributed by atoms with E-state index in [-0.39, 0.29) is 23.4 Å². The third kappa shape index (κ3) is 4.88. The summed E-state index contributed by atoms with van der Waals surface area (Å²) in [6.07, 6.45) is -0.556. The number of alkyl halides is 3. The van der Waals surface area contributed by atoms with Gasteiger partial charge in [0, 0.05) is 6.42 Å². The van der Waals surface area contributed by atoms with Gasteiger partial charge < -0.3 is 5.32 Å². The number of carbonyl (C=O) groups is 2. The molecule has 1 aromatic carbocycles. The summed E-state index contributed by atoms with van der Waals surface area (Å²) in [5.41, 5.74) is 2.34. The molecular weight excluding hydrogens is 521 g/mol. The van der Waals surface area contributed by atoms with E-state index in [4.69, 9.17) is 0 Å². The predicted octanol–water partition coefficient (Wildman–Crippen LogP) is 6.86. The molecule has 0 radical (unpaired) electrons. The number of amides is 2. The normalized spacial score (nSPS) is 20.1. The molecule has 1 saturated carbocycles. The maximum absolute atomic E-state index is 14.8. The van der Waals surface area contributed by atoms with Crippen LogP contribution in [0.15, 0.2) is 18.2 Å². The largest absolute Gasteiger partial charge is 0.440 e. The first kappa shape index (κ1) is 29.2. The molecule has 2 amide bonds.